The molecule has 0 radical (unpaired) electrons. The molecule has 0 bridgehead atoms. The summed E-state index contributed by atoms with van der Waals surface area (Å²) in [5, 5.41) is 2.06. The van der Waals surface area contributed by atoms with E-state index in [1.807, 2.05) is 55.1 Å². The van der Waals surface area contributed by atoms with Gasteiger partial charge in [-0.3, -0.25) is 0 Å². The van der Waals surface area contributed by atoms with E-state index in [-0.39, 0.29) is 5.82 Å². The van der Waals surface area contributed by atoms with Crippen molar-refractivity contribution in [2.24, 2.45) is 13.0 Å². The Balaban J connectivity index is 1.62. The van der Waals surface area contributed by atoms with E-state index in [2.05, 4.69) is 44.0 Å². The number of aryl methyl sites for hydroxylation is 3. The van der Waals surface area contributed by atoms with Gasteiger partial charge in [-0.15, -0.1) is 0 Å². The molecule has 0 spiro atoms. The Hall–Kier alpha value is -3.53. The van der Waals surface area contributed by atoms with Gasteiger partial charge in [0.25, 0.3) is 0 Å². The molecule has 5 aromatic rings. The van der Waals surface area contributed by atoms with E-state index >= 15 is 0 Å². The molecule has 0 saturated carbocycles. The molecule has 0 aliphatic rings. The lowest BCUT2D eigenvalue weighted by Crippen LogP contribution is -2.31. The van der Waals surface area contributed by atoms with Crippen LogP contribution in [-0.2, 0) is 13.5 Å². The minimum atomic E-state index is -0.182. The number of aromatic nitrogens is 2. The summed E-state index contributed by atoms with van der Waals surface area (Å²) in [4.78, 5) is 4.57. The molecular weight excluding hydrogens is 411 g/mol. The lowest BCUT2D eigenvalue weighted by atomic mass is 9.97. The van der Waals surface area contributed by atoms with Gasteiger partial charge in [0.05, 0.1) is 5.56 Å². The fraction of sp³-hybridized carbons (Fsp3) is 0.241. The number of benzene rings is 2. The number of rotatable bonds is 4. The standard InChI is InChI=1S/C29H28FN2O/c1-17(2)14-20-8-12-22(25(30)15-20)21-9-13-26(32(5)16-21)27-18(3)6-10-23-24-11-7-19(4)31-29(24)33-28(23)27/h6-13,15-17H,14H2,1-5H3/q+1. The monoisotopic (exact) mass is 439 g/mol. The Kier molecular flexibility index (Phi) is 5.24. The van der Waals surface area contributed by atoms with Gasteiger partial charge in [-0.1, -0.05) is 38.1 Å². The smallest absolute Gasteiger partial charge is 0.227 e. The van der Waals surface area contributed by atoms with E-state index in [0.717, 1.165) is 56.4 Å². The molecule has 33 heavy (non-hydrogen) atoms. The zero-order valence-electron chi connectivity index (χ0n) is 19.7. The summed E-state index contributed by atoms with van der Waals surface area (Å²) < 4.78 is 23.2. The molecule has 166 valence electrons. The number of halogens is 1. The fourth-order valence-electron chi connectivity index (χ4n) is 4.65. The summed E-state index contributed by atoms with van der Waals surface area (Å²) in [7, 11) is 1.99. The highest BCUT2D eigenvalue weighted by Gasteiger charge is 2.22. The van der Waals surface area contributed by atoms with Gasteiger partial charge in [-0.05, 0) is 61.6 Å². The van der Waals surface area contributed by atoms with Crippen LogP contribution in [-0.4, -0.2) is 4.98 Å². The van der Waals surface area contributed by atoms with Crippen molar-refractivity contribution in [3.8, 4) is 22.4 Å². The molecule has 0 saturated heterocycles. The van der Waals surface area contributed by atoms with E-state index in [1.54, 1.807) is 6.07 Å². The average Bonchev–Trinajstić information content (AvgIpc) is 3.11. The second kappa shape index (κ2) is 8.11. The van der Waals surface area contributed by atoms with Gasteiger partial charge >= 0.3 is 0 Å². The third kappa shape index (κ3) is 3.80. The zero-order valence-corrected chi connectivity index (χ0v) is 19.7. The summed E-state index contributed by atoms with van der Waals surface area (Å²) in [5.41, 5.74) is 8.06. The highest BCUT2D eigenvalue weighted by Crippen LogP contribution is 2.36. The Morgan fingerprint density at radius 1 is 0.970 bits per heavy atom. The average molecular weight is 440 g/mol. The molecule has 0 aliphatic heterocycles. The van der Waals surface area contributed by atoms with Gasteiger partial charge in [-0.25, -0.2) is 13.9 Å². The van der Waals surface area contributed by atoms with Crippen molar-refractivity contribution in [2.45, 2.75) is 34.1 Å². The second-order valence-corrected chi connectivity index (χ2v) is 9.37. The molecule has 5 rings (SSSR count). The predicted octanol–water partition coefficient (Wildman–Crippen LogP) is 7.09. The molecule has 4 heteroatoms. The predicted molar refractivity (Wildman–Crippen MR) is 132 cm³/mol. The molecule has 0 atom stereocenters. The molecule has 0 fully saturated rings. The van der Waals surface area contributed by atoms with Crippen LogP contribution in [0, 0.1) is 25.6 Å². The number of pyridine rings is 2. The quantitative estimate of drug-likeness (QED) is 0.280. The second-order valence-electron chi connectivity index (χ2n) is 9.37. The van der Waals surface area contributed by atoms with Crippen molar-refractivity contribution in [3.63, 3.8) is 0 Å². The maximum atomic E-state index is 14.9. The molecule has 0 aliphatic carbocycles. The molecular formula is C29H28FN2O+. The Bertz CT molecular complexity index is 1510. The van der Waals surface area contributed by atoms with Crippen molar-refractivity contribution >= 4 is 22.1 Å². The Labute approximate surface area is 193 Å². The van der Waals surface area contributed by atoms with Crippen LogP contribution in [0.3, 0.4) is 0 Å². The number of hydrogen-bond acceptors (Lipinski definition) is 2. The van der Waals surface area contributed by atoms with Crippen molar-refractivity contribution in [1.82, 2.24) is 4.98 Å². The van der Waals surface area contributed by atoms with Gasteiger partial charge in [0.2, 0.25) is 11.4 Å². The normalized spacial score (nSPS) is 11.7. The first-order valence-electron chi connectivity index (χ1n) is 11.4. The van der Waals surface area contributed by atoms with Crippen LogP contribution in [0.1, 0.15) is 30.7 Å². The molecule has 0 unspecified atom stereocenters. The lowest BCUT2D eigenvalue weighted by Gasteiger charge is -2.09. The van der Waals surface area contributed by atoms with Crippen LogP contribution in [0.15, 0.2) is 65.2 Å². The van der Waals surface area contributed by atoms with E-state index < -0.39 is 0 Å². The van der Waals surface area contributed by atoms with E-state index in [0.29, 0.717) is 17.2 Å². The first-order chi connectivity index (χ1) is 15.8. The van der Waals surface area contributed by atoms with Crippen LogP contribution in [0.4, 0.5) is 4.39 Å². The first kappa shape index (κ1) is 21.3. The van der Waals surface area contributed by atoms with Gasteiger partial charge in [0.1, 0.15) is 12.9 Å². The van der Waals surface area contributed by atoms with Crippen LogP contribution >= 0.6 is 0 Å². The lowest BCUT2D eigenvalue weighted by molar-refractivity contribution is -0.659. The number of nitrogens with zero attached hydrogens (tertiary/aromatic N) is 2. The van der Waals surface area contributed by atoms with Crippen LogP contribution in [0.5, 0.6) is 0 Å². The van der Waals surface area contributed by atoms with Gasteiger partial charge in [0.15, 0.2) is 11.8 Å². The van der Waals surface area contributed by atoms with Crippen molar-refractivity contribution in [2.75, 3.05) is 0 Å². The molecule has 3 nitrogen and oxygen atoms in total. The van der Waals surface area contributed by atoms with Crippen molar-refractivity contribution < 1.29 is 13.4 Å². The summed E-state index contributed by atoms with van der Waals surface area (Å²) in [6.07, 6.45) is 2.86. The summed E-state index contributed by atoms with van der Waals surface area (Å²) in [6.45, 7) is 8.34. The fourth-order valence-corrected chi connectivity index (χ4v) is 4.65. The first-order valence-corrected chi connectivity index (χ1v) is 11.4. The maximum Gasteiger partial charge on any atom is 0.227 e. The number of fused-ring (bicyclic) bond motifs is 3. The van der Waals surface area contributed by atoms with Crippen molar-refractivity contribution in [3.05, 3.63) is 83.4 Å². The molecule has 0 N–H and O–H groups in total. The number of hydrogen-bond donors (Lipinski definition) is 0. The summed E-state index contributed by atoms with van der Waals surface area (Å²) >= 11 is 0. The van der Waals surface area contributed by atoms with Crippen molar-refractivity contribution in [1.29, 1.82) is 0 Å². The third-order valence-corrected chi connectivity index (χ3v) is 6.23. The SMILES string of the molecule is Cc1ccc2c(n1)oc1c(-c3ccc(-c4ccc(CC(C)C)cc4F)c[n+]3C)c(C)ccc12. The number of furan rings is 1. The summed E-state index contributed by atoms with van der Waals surface area (Å²) in [5.74, 6) is 0.313. The Morgan fingerprint density at radius 2 is 1.76 bits per heavy atom. The Morgan fingerprint density at radius 3 is 2.48 bits per heavy atom. The van der Waals surface area contributed by atoms with Crippen LogP contribution in [0.25, 0.3) is 44.5 Å². The summed E-state index contributed by atoms with van der Waals surface area (Å²) in [6, 6.07) is 17.9. The van der Waals surface area contributed by atoms with E-state index in [9.17, 15) is 4.39 Å². The minimum absolute atomic E-state index is 0.182. The molecule has 2 aromatic carbocycles. The molecule has 3 heterocycles. The zero-order chi connectivity index (χ0) is 23.3. The van der Waals surface area contributed by atoms with E-state index in [1.165, 1.54) is 0 Å². The highest BCUT2D eigenvalue weighted by atomic mass is 19.1. The highest BCUT2D eigenvalue weighted by molar-refractivity contribution is 6.08. The molecule has 3 aromatic heterocycles. The van der Waals surface area contributed by atoms with Gasteiger partial charge < -0.3 is 4.42 Å². The van der Waals surface area contributed by atoms with Gasteiger partial charge in [0, 0.05) is 33.7 Å². The van der Waals surface area contributed by atoms with Crippen LogP contribution < -0.4 is 4.57 Å². The van der Waals surface area contributed by atoms with Crippen LogP contribution in [0.2, 0.25) is 0 Å². The minimum Gasteiger partial charge on any atom is -0.437 e. The molecule has 0 amide bonds. The largest absolute Gasteiger partial charge is 0.437 e. The maximum absolute atomic E-state index is 14.9. The van der Waals surface area contributed by atoms with E-state index in [4.69, 9.17) is 4.42 Å². The topological polar surface area (TPSA) is 29.9 Å². The third-order valence-electron chi connectivity index (χ3n) is 6.23. The van der Waals surface area contributed by atoms with Gasteiger partial charge in [-0.2, -0.15) is 0 Å².